The maximum Gasteiger partial charge on any atom is 0.160 e. The summed E-state index contributed by atoms with van der Waals surface area (Å²) in [6, 6.07) is 57.9. The number of anilines is 3. The first kappa shape index (κ1) is 29.3. The van der Waals surface area contributed by atoms with Crippen LogP contribution in [-0.2, 0) is 0 Å². The SMILES string of the molecule is c1ccc(-c2cc(-c3ccccc3)nc(-c3ccc(-c4c(-c5ccccc5)cncc4N4c5ccccc5Oc5ccccc54)cc3)n2)cc1. The van der Waals surface area contributed by atoms with E-state index < -0.39 is 0 Å². The van der Waals surface area contributed by atoms with E-state index >= 15 is 0 Å². The van der Waals surface area contributed by atoms with Gasteiger partial charge in [-0.15, -0.1) is 0 Å². The smallest absolute Gasteiger partial charge is 0.160 e. The number of pyridine rings is 1. The van der Waals surface area contributed by atoms with E-state index in [1.807, 2.05) is 91.3 Å². The van der Waals surface area contributed by atoms with Crippen molar-refractivity contribution in [3.05, 3.63) is 182 Å². The zero-order valence-corrected chi connectivity index (χ0v) is 27.0. The van der Waals surface area contributed by atoms with Crippen molar-refractivity contribution in [1.82, 2.24) is 15.0 Å². The minimum Gasteiger partial charge on any atom is -0.453 e. The van der Waals surface area contributed by atoms with Gasteiger partial charge < -0.3 is 9.64 Å². The Kier molecular flexibility index (Phi) is 7.41. The molecule has 5 nitrogen and oxygen atoms in total. The molecule has 0 saturated heterocycles. The Balaban J connectivity index is 1.21. The maximum absolute atomic E-state index is 6.36. The molecule has 5 heteroatoms. The first-order valence-electron chi connectivity index (χ1n) is 16.6. The summed E-state index contributed by atoms with van der Waals surface area (Å²) in [4.78, 5) is 17.2. The van der Waals surface area contributed by atoms with Crippen LogP contribution >= 0.6 is 0 Å². The van der Waals surface area contributed by atoms with Gasteiger partial charge in [-0.1, -0.05) is 140 Å². The van der Waals surface area contributed by atoms with E-state index in [2.05, 4.69) is 95.9 Å². The normalized spacial score (nSPS) is 11.7. The molecular weight excluding hydrogens is 613 g/mol. The molecule has 8 aromatic rings. The number of fused-ring (bicyclic) bond motifs is 2. The van der Waals surface area contributed by atoms with Gasteiger partial charge >= 0.3 is 0 Å². The quantitative estimate of drug-likeness (QED) is 0.181. The van der Waals surface area contributed by atoms with Crippen molar-refractivity contribution < 1.29 is 4.74 Å². The number of ether oxygens (including phenoxy) is 1. The number of benzene rings is 6. The third-order valence-corrected chi connectivity index (χ3v) is 8.98. The number of para-hydroxylation sites is 4. The van der Waals surface area contributed by atoms with Crippen molar-refractivity contribution in [1.29, 1.82) is 0 Å². The molecule has 0 spiro atoms. The lowest BCUT2D eigenvalue weighted by molar-refractivity contribution is 0.477. The highest BCUT2D eigenvalue weighted by Crippen LogP contribution is 2.53. The Morgan fingerprint density at radius 3 is 1.44 bits per heavy atom. The van der Waals surface area contributed by atoms with Crippen molar-refractivity contribution in [2.45, 2.75) is 0 Å². The predicted octanol–water partition coefficient (Wildman–Crippen LogP) is 11.8. The van der Waals surface area contributed by atoms with E-state index in [0.29, 0.717) is 5.82 Å². The summed E-state index contributed by atoms with van der Waals surface area (Å²) >= 11 is 0. The second-order valence-electron chi connectivity index (χ2n) is 12.1. The molecule has 0 radical (unpaired) electrons. The molecule has 9 rings (SSSR count). The first-order valence-corrected chi connectivity index (χ1v) is 16.6. The number of hydrogen-bond donors (Lipinski definition) is 0. The lowest BCUT2D eigenvalue weighted by Crippen LogP contribution is -2.17. The molecule has 0 amide bonds. The molecule has 0 aliphatic carbocycles. The largest absolute Gasteiger partial charge is 0.453 e. The van der Waals surface area contributed by atoms with E-state index in [9.17, 15) is 0 Å². The van der Waals surface area contributed by atoms with E-state index in [0.717, 1.165) is 78.9 Å². The summed E-state index contributed by atoms with van der Waals surface area (Å²) in [5, 5.41) is 0. The second-order valence-corrected chi connectivity index (χ2v) is 12.1. The third kappa shape index (κ3) is 5.37. The zero-order chi connectivity index (χ0) is 33.3. The summed E-state index contributed by atoms with van der Waals surface area (Å²) < 4.78 is 6.36. The highest BCUT2D eigenvalue weighted by molar-refractivity contribution is 5.98. The highest BCUT2D eigenvalue weighted by Gasteiger charge is 2.29. The molecule has 1 aliphatic rings. The summed E-state index contributed by atoms with van der Waals surface area (Å²) in [5.74, 6) is 2.26. The summed E-state index contributed by atoms with van der Waals surface area (Å²) in [7, 11) is 0. The second kappa shape index (κ2) is 12.6. The Bertz CT molecular complexity index is 2340. The van der Waals surface area contributed by atoms with E-state index in [4.69, 9.17) is 19.7 Å². The van der Waals surface area contributed by atoms with Crippen LogP contribution < -0.4 is 9.64 Å². The molecule has 6 aromatic carbocycles. The van der Waals surface area contributed by atoms with Crippen molar-refractivity contribution >= 4 is 17.1 Å². The molecule has 0 unspecified atom stereocenters. The van der Waals surface area contributed by atoms with E-state index in [1.165, 1.54) is 0 Å². The van der Waals surface area contributed by atoms with Crippen LogP contribution in [0.1, 0.15) is 0 Å². The van der Waals surface area contributed by atoms with Crippen LogP contribution in [0.3, 0.4) is 0 Å². The average Bonchev–Trinajstić information content (AvgIpc) is 3.20. The summed E-state index contributed by atoms with van der Waals surface area (Å²) in [6.07, 6.45) is 3.91. The van der Waals surface area contributed by atoms with Gasteiger partial charge in [-0.2, -0.15) is 0 Å². The van der Waals surface area contributed by atoms with E-state index in [1.54, 1.807) is 0 Å². The number of nitrogens with zero attached hydrogens (tertiary/aromatic N) is 4. The molecule has 2 aromatic heterocycles. The Hall–Kier alpha value is -6.85. The third-order valence-electron chi connectivity index (χ3n) is 8.98. The van der Waals surface area contributed by atoms with Crippen LogP contribution in [0.25, 0.3) is 56.2 Å². The fraction of sp³-hybridized carbons (Fsp3) is 0. The molecule has 0 bridgehead atoms. The minimum atomic E-state index is 0.672. The zero-order valence-electron chi connectivity index (χ0n) is 27.0. The van der Waals surface area contributed by atoms with Gasteiger partial charge in [0.25, 0.3) is 0 Å². The van der Waals surface area contributed by atoms with Gasteiger partial charge in [0, 0.05) is 34.0 Å². The van der Waals surface area contributed by atoms with Gasteiger partial charge in [0.2, 0.25) is 0 Å². The Labute approximate surface area is 290 Å². The van der Waals surface area contributed by atoms with Gasteiger partial charge in [0.1, 0.15) is 0 Å². The Morgan fingerprint density at radius 1 is 0.400 bits per heavy atom. The number of rotatable bonds is 6. The standard InChI is InChI=1S/C45H30N4O/c1-4-14-31(15-5-1)36-29-46-30-41(49-39-20-10-12-22-42(39)50-43-23-13-11-21-40(43)49)44(36)34-24-26-35(27-25-34)45-47-37(32-16-6-2-7-17-32)28-38(48-45)33-18-8-3-9-19-33/h1-30H. The number of hydrogen-bond acceptors (Lipinski definition) is 5. The van der Waals surface area contributed by atoms with Gasteiger partial charge in [-0.05, 0) is 41.5 Å². The van der Waals surface area contributed by atoms with Gasteiger partial charge in [-0.3, -0.25) is 4.98 Å². The highest BCUT2D eigenvalue weighted by atomic mass is 16.5. The Morgan fingerprint density at radius 2 is 0.880 bits per heavy atom. The molecule has 50 heavy (non-hydrogen) atoms. The molecule has 3 heterocycles. The van der Waals surface area contributed by atoms with Crippen LogP contribution in [0.2, 0.25) is 0 Å². The lowest BCUT2D eigenvalue weighted by Gasteiger charge is -2.34. The molecule has 0 N–H and O–H groups in total. The molecular formula is C45H30N4O. The van der Waals surface area contributed by atoms with Crippen LogP contribution in [0.15, 0.2) is 182 Å². The van der Waals surface area contributed by atoms with E-state index in [-0.39, 0.29) is 0 Å². The van der Waals surface area contributed by atoms with Crippen LogP contribution in [0.4, 0.5) is 17.1 Å². The topological polar surface area (TPSA) is 51.1 Å². The number of aromatic nitrogens is 3. The predicted molar refractivity (Wildman–Crippen MR) is 202 cm³/mol. The van der Waals surface area contributed by atoms with Crippen molar-refractivity contribution in [2.75, 3.05) is 4.90 Å². The van der Waals surface area contributed by atoms with Gasteiger partial charge in [0.05, 0.1) is 34.6 Å². The molecule has 0 atom stereocenters. The van der Waals surface area contributed by atoms with Crippen LogP contribution in [-0.4, -0.2) is 15.0 Å². The summed E-state index contributed by atoms with van der Waals surface area (Å²) in [5.41, 5.74) is 11.9. The van der Waals surface area contributed by atoms with Crippen molar-refractivity contribution in [2.24, 2.45) is 0 Å². The molecule has 0 fully saturated rings. The minimum absolute atomic E-state index is 0.672. The fourth-order valence-electron chi connectivity index (χ4n) is 6.60. The molecule has 1 aliphatic heterocycles. The lowest BCUT2D eigenvalue weighted by atomic mass is 9.93. The first-order chi connectivity index (χ1) is 24.8. The van der Waals surface area contributed by atoms with Crippen molar-refractivity contribution in [3.8, 4) is 67.7 Å². The monoisotopic (exact) mass is 642 g/mol. The summed E-state index contributed by atoms with van der Waals surface area (Å²) in [6.45, 7) is 0. The van der Waals surface area contributed by atoms with Crippen LogP contribution in [0.5, 0.6) is 11.5 Å². The van der Waals surface area contributed by atoms with Gasteiger partial charge in [0.15, 0.2) is 17.3 Å². The molecule has 0 saturated carbocycles. The maximum atomic E-state index is 6.36. The molecule has 236 valence electrons. The van der Waals surface area contributed by atoms with Crippen LogP contribution in [0, 0.1) is 0 Å². The average molecular weight is 643 g/mol. The van der Waals surface area contributed by atoms with Crippen molar-refractivity contribution in [3.63, 3.8) is 0 Å². The fourth-order valence-corrected chi connectivity index (χ4v) is 6.60. The van der Waals surface area contributed by atoms with Gasteiger partial charge in [-0.25, -0.2) is 9.97 Å².